The predicted octanol–water partition coefficient (Wildman–Crippen LogP) is 2.86. The number of hydrogen-bond acceptors (Lipinski definition) is 4. The van der Waals surface area contributed by atoms with Crippen LogP contribution in [0.2, 0.25) is 18.1 Å². The van der Waals surface area contributed by atoms with Crippen LogP contribution in [0.15, 0.2) is 0 Å². The van der Waals surface area contributed by atoms with Gasteiger partial charge in [-0.3, -0.25) is 9.59 Å². The van der Waals surface area contributed by atoms with Gasteiger partial charge in [-0.2, -0.15) is 0 Å². The number of ether oxygens (including phenoxy) is 1. The summed E-state index contributed by atoms with van der Waals surface area (Å²) in [5, 5.41) is 2.94. The molecule has 0 aliphatic heterocycles. The highest BCUT2D eigenvalue weighted by atomic mass is 28.4. The van der Waals surface area contributed by atoms with Crippen LogP contribution in [0.1, 0.15) is 47.0 Å². The molecule has 0 fully saturated rings. The van der Waals surface area contributed by atoms with Crippen molar-refractivity contribution in [1.82, 2.24) is 5.32 Å². The summed E-state index contributed by atoms with van der Waals surface area (Å²) in [5.74, 6) is -0.755. The number of esters is 1. The van der Waals surface area contributed by atoms with Gasteiger partial charge in [0.15, 0.2) is 8.32 Å². The molecule has 0 aliphatic carbocycles. The van der Waals surface area contributed by atoms with Crippen molar-refractivity contribution in [1.29, 1.82) is 0 Å². The van der Waals surface area contributed by atoms with E-state index in [-0.39, 0.29) is 17.4 Å². The van der Waals surface area contributed by atoms with Crippen molar-refractivity contribution < 1.29 is 18.8 Å². The summed E-state index contributed by atoms with van der Waals surface area (Å²) >= 11 is 0. The molecule has 0 aromatic heterocycles. The van der Waals surface area contributed by atoms with Crippen molar-refractivity contribution in [2.45, 2.75) is 65.1 Å². The van der Waals surface area contributed by atoms with Crippen LogP contribution in [-0.4, -0.2) is 40.0 Å². The average molecular weight is 318 g/mol. The Hall–Kier alpha value is -0.883. The van der Waals surface area contributed by atoms with Gasteiger partial charge in [-0.25, -0.2) is 0 Å². The quantitative estimate of drug-likeness (QED) is 0.307. The summed E-state index contributed by atoms with van der Waals surface area (Å²) in [6.45, 7) is 14.4. The first kappa shape index (κ1) is 20.1. The van der Waals surface area contributed by atoms with E-state index in [0.717, 1.165) is 19.4 Å². The summed E-state index contributed by atoms with van der Waals surface area (Å²) in [6.07, 6.45) is 1.56. The van der Waals surface area contributed by atoms with E-state index in [4.69, 9.17) is 9.16 Å². The molecule has 21 heavy (non-hydrogen) atoms. The first-order valence-corrected chi connectivity index (χ1v) is 10.6. The molecule has 1 amide bonds. The molecule has 0 unspecified atom stereocenters. The Morgan fingerprint density at radius 3 is 2.29 bits per heavy atom. The lowest BCUT2D eigenvalue weighted by Crippen LogP contribution is -2.41. The first-order valence-electron chi connectivity index (χ1n) is 7.66. The Bertz CT molecular complexity index is 337. The maximum atomic E-state index is 11.4. The maximum absolute atomic E-state index is 11.4. The second-order valence-electron chi connectivity index (χ2n) is 6.65. The Labute approximate surface area is 129 Å². The van der Waals surface area contributed by atoms with Crippen LogP contribution in [0, 0.1) is 0 Å². The molecule has 0 radical (unpaired) electrons. The third kappa shape index (κ3) is 8.88. The Kier molecular flexibility index (Phi) is 8.81. The summed E-state index contributed by atoms with van der Waals surface area (Å²) in [7, 11) is -1.67. The number of rotatable bonds is 9. The Morgan fingerprint density at radius 1 is 1.14 bits per heavy atom. The van der Waals surface area contributed by atoms with E-state index >= 15 is 0 Å². The molecule has 0 saturated carbocycles. The lowest BCUT2D eigenvalue weighted by molar-refractivity contribution is -0.145. The number of amides is 1. The molecular formula is C15H31NO4Si. The zero-order valence-corrected chi connectivity index (χ0v) is 15.4. The SMILES string of the molecule is CCOC(=O)CC(=O)NCCCCO[Si](C)(C)C(C)(C)C. The van der Waals surface area contributed by atoms with Gasteiger partial charge in [0.05, 0.1) is 6.61 Å². The Balaban J connectivity index is 3.70. The lowest BCUT2D eigenvalue weighted by atomic mass is 10.2. The molecule has 5 nitrogen and oxygen atoms in total. The predicted molar refractivity (Wildman–Crippen MR) is 86.6 cm³/mol. The second-order valence-corrected chi connectivity index (χ2v) is 11.5. The highest BCUT2D eigenvalue weighted by molar-refractivity contribution is 6.74. The normalized spacial score (nSPS) is 12.1. The van der Waals surface area contributed by atoms with Gasteiger partial charge in [-0.15, -0.1) is 0 Å². The van der Waals surface area contributed by atoms with Gasteiger partial charge in [0.25, 0.3) is 0 Å². The maximum Gasteiger partial charge on any atom is 0.315 e. The van der Waals surface area contributed by atoms with E-state index in [9.17, 15) is 9.59 Å². The van der Waals surface area contributed by atoms with E-state index in [2.05, 4.69) is 39.2 Å². The molecule has 6 heteroatoms. The molecule has 0 aliphatic rings. The fourth-order valence-corrected chi connectivity index (χ4v) is 2.49. The van der Waals surface area contributed by atoms with Crippen molar-refractivity contribution in [2.75, 3.05) is 19.8 Å². The highest BCUT2D eigenvalue weighted by Gasteiger charge is 2.36. The minimum Gasteiger partial charge on any atom is -0.466 e. The minimum atomic E-state index is -1.67. The first-order chi connectivity index (χ1) is 9.60. The third-order valence-corrected chi connectivity index (χ3v) is 8.31. The van der Waals surface area contributed by atoms with E-state index in [1.165, 1.54) is 0 Å². The third-order valence-electron chi connectivity index (χ3n) is 3.77. The zero-order valence-electron chi connectivity index (χ0n) is 14.4. The smallest absolute Gasteiger partial charge is 0.315 e. The number of carbonyl (C=O) groups is 2. The highest BCUT2D eigenvalue weighted by Crippen LogP contribution is 2.36. The zero-order chi connectivity index (χ0) is 16.5. The van der Waals surface area contributed by atoms with Crippen molar-refractivity contribution in [2.24, 2.45) is 0 Å². The monoisotopic (exact) mass is 317 g/mol. The number of hydrogen-bond donors (Lipinski definition) is 1. The molecule has 124 valence electrons. The molecule has 0 aromatic rings. The van der Waals surface area contributed by atoms with E-state index in [0.29, 0.717) is 13.2 Å². The summed E-state index contributed by atoms with van der Waals surface area (Å²) in [6, 6.07) is 0. The van der Waals surface area contributed by atoms with Gasteiger partial charge < -0.3 is 14.5 Å². The van der Waals surface area contributed by atoms with E-state index in [1.54, 1.807) is 6.92 Å². The van der Waals surface area contributed by atoms with Crippen LogP contribution in [0.25, 0.3) is 0 Å². The molecule has 0 heterocycles. The van der Waals surface area contributed by atoms with Crippen LogP contribution in [0.5, 0.6) is 0 Å². The van der Waals surface area contributed by atoms with Crippen molar-refractivity contribution in [3.8, 4) is 0 Å². The van der Waals surface area contributed by atoms with Crippen molar-refractivity contribution in [3.63, 3.8) is 0 Å². The molecular weight excluding hydrogens is 286 g/mol. The molecule has 0 aromatic carbocycles. The minimum absolute atomic E-state index is 0.200. The standard InChI is InChI=1S/C15H31NO4Si/c1-7-19-14(18)12-13(17)16-10-8-9-11-20-21(5,6)15(2,3)4/h7-12H2,1-6H3,(H,16,17). The van der Waals surface area contributed by atoms with Crippen LogP contribution in [0.4, 0.5) is 0 Å². The van der Waals surface area contributed by atoms with Crippen molar-refractivity contribution >= 4 is 20.2 Å². The van der Waals surface area contributed by atoms with Crippen LogP contribution >= 0.6 is 0 Å². The largest absolute Gasteiger partial charge is 0.466 e. The molecule has 0 bridgehead atoms. The average Bonchev–Trinajstić information content (AvgIpc) is 2.32. The number of nitrogens with one attached hydrogen (secondary N) is 1. The topological polar surface area (TPSA) is 64.6 Å². The molecule has 0 saturated heterocycles. The second kappa shape index (κ2) is 9.20. The Morgan fingerprint density at radius 2 is 1.76 bits per heavy atom. The van der Waals surface area contributed by atoms with Crippen LogP contribution < -0.4 is 5.32 Å². The van der Waals surface area contributed by atoms with Gasteiger partial charge >= 0.3 is 5.97 Å². The fourth-order valence-electron chi connectivity index (χ4n) is 1.40. The van der Waals surface area contributed by atoms with E-state index in [1.807, 2.05) is 0 Å². The lowest BCUT2D eigenvalue weighted by Gasteiger charge is -2.36. The summed E-state index contributed by atoms with van der Waals surface area (Å²) in [4.78, 5) is 22.5. The van der Waals surface area contributed by atoms with Gasteiger partial charge in [0.1, 0.15) is 6.42 Å². The fraction of sp³-hybridized carbons (Fsp3) is 0.867. The van der Waals surface area contributed by atoms with Crippen LogP contribution in [0.3, 0.4) is 0 Å². The van der Waals surface area contributed by atoms with Gasteiger partial charge in [-0.1, -0.05) is 20.8 Å². The summed E-state index contributed by atoms with van der Waals surface area (Å²) < 4.78 is 10.8. The van der Waals surface area contributed by atoms with Crippen LogP contribution in [-0.2, 0) is 18.8 Å². The molecule has 0 rings (SSSR count). The van der Waals surface area contributed by atoms with Crippen molar-refractivity contribution in [3.05, 3.63) is 0 Å². The molecule has 0 spiro atoms. The van der Waals surface area contributed by atoms with Gasteiger partial charge in [0, 0.05) is 13.2 Å². The van der Waals surface area contributed by atoms with Gasteiger partial charge in [-0.05, 0) is 37.9 Å². The number of carbonyl (C=O) groups excluding carboxylic acids is 2. The van der Waals surface area contributed by atoms with Gasteiger partial charge in [0.2, 0.25) is 5.91 Å². The number of unbranched alkanes of at least 4 members (excludes halogenated alkanes) is 1. The summed E-state index contributed by atoms with van der Waals surface area (Å²) in [5.41, 5.74) is 0. The van der Waals surface area contributed by atoms with E-state index < -0.39 is 14.3 Å². The molecule has 1 N–H and O–H groups in total. The molecule has 0 atom stereocenters.